The number of hydrogen-bond acceptors (Lipinski definition) is 36. The van der Waals surface area contributed by atoms with E-state index in [9.17, 15) is 9.59 Å². The summed E-state index contributed by atoms with van der Waals surface area (Å²) in [5.74, 6) is 4.29. The molecule has 0 saturated heterocycles. The predicted octanol–water partition coefficient (Wildman–Crippen LogP) is 14.3. The molecular formula is C83H85N35O8. The highest BCUT2D eigenvalue weighted by atomic mass is 16.5. The van der Waals surface area contributed by atoms with E-state index in [0.29, 0.717) is 136 Å². The molecule has 0 aliphatic heterocycles. The van der Waals surface area contributed by atoms with Gasteiger partial charge in [-0.3, -0.25) is 10.1 Å². The largest absolute Gasteiger partial charge is 0.453 e. The van der Waals surface area contributed by atoms with Gasteiger partial charge in [-0.2, -0.15) is 25.5 Å². The third-order valence-electron chi connectivity index (χ3n) is 20.6. The van der Waals surface area contributed by atoms with E-state index in [1.54, 1.807) is 23.9 Å². The molecule has 16 N–H and O–H groups in total. The summed E-state index contributed by atoms with van der Waals surface area (Å²) in [5, 5.41) is 62.4. The van der Waals surface area contributed by atoms with Crippen molar-refractivity contribution in [1.29, 1.82) is 0 Å². The molecule has 15 heterocycles. The van der Waals surface area contributed by atoms with Gasteiger partial charge in [0, 0.05) is 78.0 Å². The average Bonchev–Trinajstić information content (AvgIpc) is 1.62. The van der Waals surface area contributed by atoms with E-state index in [2.05, 4.69) is 131 Å². The van der Waals surface area contributed by atoms with Crippen molar-refractivity contribution in [2.45, 2.75) is 125 Å². The van der Waals surface area contributed by atoms with Gasteiger partial charge in [0.25, 0.3) is 0 Å². The lowest BCUT2D eigenvalue weighted by Crippen LogP contribution is -2.11. The number of benzene rings is 5. The minimum Gasteiger partial charge on any atom is -0.453 e. The number of hydrogen-bond donors (Lipinski definition) is 10. The van der Waals surface area contributed by atoms with Crippen molar-refractivity contribution >= 4 is 180 Å². The number of nitrogens with one attached hydrogen (secondary N) is 4. The lowest BCUT2D eigenvalue weighted by Gasteiger charge is -2.05. The van der Waals surface area contributed by atoms with Crippen LogP contribution in [0.4, 0.5) is 63.0 Å². The predicted molar refractivity (Wildman–Crippen MR) is 477 cm³/mol. The number of rotatable bonds is 15. The van der Waals surface area contributed by atoms with E-state index in [0.717, 1.165) is 88.6 Å². The molecule has 2 amide bonds. The zero-order chi connectivity index (χ0) is 88.4. The number of aromatic nitrogens is 25. The van der Waals surface area contributed by atoms with Gasteiger partial charge >= 0.3 is 6.09 Å². The quantitative estimate of drug-likeness (QED) is 0.0456. The number of ether oxygens (including phenoxy) is 1. The maximum absolute atomic E-state index is 11.4. The molecule has 43 nitrogen and oxygen atoms in total. The van der Waals surface area contributed by atoms with E-state index in [4.69, 9.17) is 67.2 Å². The Kier molecular flexibility index (Phi) is 21.4. The second kappa shape index (κ2) is 33.1. The van der Waals surface area contributed by atoms with E-state index in [-0.39, 0.29) is 41.9 Å². The molecule has 1 aliphatic rings. The number of nitrogens with zero attached hydrogens (tertiary/aromatic N) is 25. The molecule has 43 heteroatoms. The smallest absolute Gasteiger partial charge is 0.412 e. The van der Waals surface area contributed by atoms with Crippen LogP contribution in [0, 0.1) is 0 Å². The van der Waals surface area contributed by atoms with Gasteiger partial charge in [-0.25, -0.2) is 78.0 Å². The summed E-state index contributed by atoms with van der Waals surface area (Å²) in [6.07, 6.45) is 8.98. The molecule has 640 valence electrons. The first-order valence-corrected chi connectivity index (χ1v) is 40.0. The van der Waals surface area contributed by atoms with E-state index < -0.39 is 6.09 Å². The molecule has 15 aromatic heterocycles. The van der Waals surface area contributed by atoms with Crippen LogP contribution < -0.4 is 55.7 Å². The Labute approximate surface area is 712 Å². The van der Waals surface area contributed by atoms with Gasteiger partial charge in [-0.1, -0.05) is 56.1 Å². The number of carbonyl (C=O) groups is 2. The minimum atomic E-state index is -0.624. The molecule has 0 atom stereocenters. The van der Waals surface area contributed by atoms with E-state index in [1.165, 1.54) is 58.5 Å². The van der Waals surface area contributed by atoms with Crippen molar-refractivity contribution in [3.05, 3.63) is 123 Å². The lowest BCUT2D eigenvalue weighted by molar-refractivity contribution is -0.114. The summed E-state index contributed by atoms with van der Waals surface area (Å²) < 4.78 is 40.6. The molecule has 1 saturated carbocycles. The number of fused-ring (bicyclic) bond motifs is 10. The van der Waals surface area contributed by atoms with Gasteiger partial charge in [0.2, 0.25) is 5.91 Å². The van der Waals surface area contributed by atoms with Crippen LogP contribution in [-0.4, -0.2) is 157 Å². The highest BCUT2D eigenvalue weighted by Crippen LogP contribution is 2.42. The van der Waals surface area contributed by atoms with Gasteiger partial charge in [0.15, 0.2) is 85.2 Å². The monoisotopic (exact) mass is 1700 g/mol. The number of amides is 2. The average molecular weight is 1700 g/mol. The Morgan fingerprint density at radius 1 is 0.357 bits per heavy atom. The van der Waals surface area contributed by atoms with Gasteiger partial charge in [0.05, 0.1) is 61.0 Å². The van der Waals surface area contributed by atoms with Gasteiger partial charge in [-0.05, 0) is 143 Å². The molecule has 20 aromatic rings. The minimum absolute atomic E-state index is 0.0976. The Bertz CT molecular complexity index is 7560. The van der Waals surface area contributed by atoms with Crippen LogP contribution in [0.15, 0.2) is 145 Å². The normalized spacial score (nSPS) is 12.2. The van der Waals surface area contributed by atoms with Crippen LogP contribution in [0.2, 0.25) is 0 Å². The summed E-state index contributed by atoms with van der Waals surface area (Å²) in [6.45, 7) is 21.8. The van der Waals surface area contributed by atoms with Crippen LogP contribution >= 0.6 is 0 Å². The fraction of sp³-hybridized carbons (Fsp3) is 0.253. The zero-order valence-corrected chi connectivity index (χ0v) is 70.3. The topological polar surface area (TPSA) is 596 Å². The number of carbonyl (C=O) groups excluding carboxylic acids is 2. The third-order valence-corrected chi connectivity index (χ3v) is 20.6. The maximum Gasteiger partial charge on any atom is 0.412 e. The second-order valence-electron chi connectivity index (χ2n) is 30.9. The lowest BCUT2D eigenvalue weighted by atomic mass is 10.1. The van der Waals surface area contributed by atoms with Crippen LogP contribution in [0.5, 0.6) is 0 Å². The number of anilines is 10. The summed E-state index contributed by atoms with van der Waals surface area (Å²) >= 11 is 0. The molecule has 1 fully saturated rings. The summed E-state index contributed by atoms with van der Waals surface area (Å²) in [6, 6.07) is 29.5. The van der Waals surface area contributed by atoms with Crippen molar-refractivity contribution in [3.63, 3.8) is 0 Å². The fourth-order valence-corrected chi connectivity index (χ4v) is 14.4. The molecule has 1 aliphatic carbocycles. The summed E-state index contributed by atoms with van der Waals surface area (Å²) in [7, 11) is 3.08. The van der Waals surface area contributed by atoms with Crippen LogP contribution in [0.25, 0.3) is 166 Å². The highest BCUT2D eigenvalue weighted by Gasteiger charge is 2.29. The first-order chi connectivity index (χ1) is 60.7. The molecule has 0 unspecified atom stereocenters. The van der Waals surface area contributed by atoms with Gasteiger partial charge in [-0.15, -0.1) is 0 Å². The van der Waals surface area contributed by atoms with E-state index in [1.807, 2.05) is 153 Å². The Morgan fingerprint density at radius 2 is 0.619 bits per heavy atom. The highest BCUT2D eigenvalue weighted by molar-refractivity contribution is 6.07. The van der Waals surface area contributed by atoms with E-state index >= 15 is 0 Å². The Hall–Kier alpha value is -16.7. The van der Waals surface area contributed by atoms with Crippen LogP contribution in [0.1, 0.15) is 119 Å². The number of nitrogens with two attached hydrogens (primary N) is 6. The second-order valence-corrected chi connectivity index (χ2v) is 30.9. The molecule has 5 aromatic carbocycles. The number of nitrogen functional groups attached to an aromatic ring is 6. The Balaban J connectivity index is 0.000000111. The summed E-state index contributed by atoms with van der Waals surface area (Å²) in [5.41, 5.74) is 50.5. The summed E-state index contributed by atoms with van der Waals surface area (Å²) in [4.78, 5) is 64.9. The molecule has 126 heavy (non-hydrogen) atoms. The maximum atomic E-state index is 11.4. The van der Waals surface area contributed by atoms with Gasteiger partial charge in [0.1, 0.15) is 89.2 Å². The van der Waals surface area contributed by atoms with Crippen LogP contribution in [-0.2, 0) is 9.53 Å². The molecule has 0 spiro atoms. The van der Waals surface area contributed by atoms with Crippen molar-refractivity contribution in [2.75, 3.05) is 69.8 Å². The van der Waals surface area contributed by atoms with Gasteiger partial charge < -0.3 is 77.7 Å². The number of methoxy groups -OCH3 is 1. The fourth-order valence-electron chi connectivity index (χ4n) is 14.4. The molecule has 0 bridgehead atoms. The Morgan fingerprint density at radius 3 is 0.905 bits per heavy atom. The third kappa shape index (κ3) is 15.2. The standard InChI is InChI=1S/C18H19N7O.C17H17N7O3.C17H17N7O2.C16H17N7O.C15H15N7O/c1-9(2)25-18-14(16(19)20-8-21-18)15(23-25)10-3-6-12-13(7-10)26-24-17(12)22-11-4-5-11;1-8(2)24-16-12(14(18)19-7-20-16)13(22-24)9-4-5-10-11(6-9)27-23-15(10)21-17(25)26-3;1-8(2)24-17-13(15(18)19-7-20-17)14(22-24)10-4-5-11-12(6-10)26-23-16(11)21-9(3)25;1-8(2)23-16-12(14(17)19-7-20-16)13(21-23)9-4-5-10-11(6-9)24-22-15(10)18-3;1-7(2)22-15-11(14(17)18-6-19-15)12(20-22)8-3-4-9-10(5-8)23-21-13(9)16/h3,6-9,11H,4-5H2,1-2H3,(H,22,24)(H2,19,20,21);4-8H,1-3H3,(H2,18,19,20)(H,21,23,25);4-8H,1-3H3,(H2,18,19,20)(H,21,23,25);4-8H,1-3H3,(H,18,22)(H2,17,19,20);3-7H,1-2H3,(H2,16,21)(H2,17,18,19). The van der Waals surface area contributed by atoms with Crippen molar-refractivity contribution in [3.8, 4) is 56.3 Å². The van der Waals surface area contributed by atoms with Crippen LogP contribution in [0.3, 0.4) is 0 Å². The molecule has 21 rings (SSSR count). The molecule has 0 radical (unpaired) electrons. The molecular weight excluding hydrogens is 1620 g/mol. The zero-order valence-electron chi connectivity index (χ0n) is 70.3. The van der Waals surface area contributed by atoms with Crippen molar-refractivity contribution in [2.24, 2.45) is 0 Å². The first kappa shape index (κ1) is 81.7. The van der Waals surface area contributed by atoms with Crippen molar-refractivity contribution in [1.82, 2.24) is 125 Å². The SMILES string of the molecule is CC(=O)Nc1noc2cc(-c3nn(C(C)C)c4ncnc(N)c34)ccc12.CC(C)n1nc(-c2ccc3c(N)noc3c2)c2c(N)ncnc21.CC(C)n1nc(-c2ccc3c(NC4CC4)noc3c2)c2c(N)ncnc21.CNc1noc2cc(-c3nn(C(C)C)c4ncnc(N)c34)ccc12.COC(=O)Nc1noc2cc(-c3nn(C(C)C)c4ncnc(N)c34)ccc12. The first-order valence-electron chi connectivity index (χ1n) is 40.0. The van der Waals surface area contributed by atoms with Crippen molar-refractivity contribution < 1.29 is 36.9 Å².